The molecule has 2 unspecified atom stereocenters. The minimum atomic E-state index is 0.577. The summed E-state index contributed by atoms with van der Waals surface area (Å²) in [7, 11) is 0. The highest BCUT2D eigenvalue weighted by Gasteiger charge is 2.35. The molecule has 0 saturated carbocycles. The lowest BCUT2D eigenvalue weighted by molar-refractivity contribution is -0.577. The second kappa shape index (κ2) is 3.17. The van der Waals surface area contributed by atoms with E-state index in [0.29, 0.717) is 17.4 Å². The second-order valence-corrected chi connectivity index (χ2v) is 5.01. The average molecular weight is 227 g/mol. The number of fused-ring (bicyclic) bond motifs is 6. The van der Waals surface area contributed by atoms with Gasteiger partial charge in [0.25, 0.3) is 0 Å². The molecule has 0 amide bonds. The van der Waals surface area contributed by atoms with Gasteiger partial charge in [-0.25, -0.2) is 4.98 Å². The van der Waals surface area contributed by atoms with Crippen molar-refractivity contribution in [3.8, 4) is 0 Å². The first-order chi connectivity index (χ1) is 8.33. The Morgan fingerprint density at radius 3 is 2.82 bits per heavy atom. The van der Waals surface area contributed by atoms with Crippen LogP contribution in [0.5, 0.6) is 0 Å². The van der Waals surface area contributed by atoms with Gasteiger partial charge in [0.1, 0.15) is 5.52 Å². The molecule has 17 heavy (non-hydrogen) atoms. The van der Waals surface area contributed by atoms with Gasteiger partial charge in [-0.2, -0.15) is 4.73 Å². The van der Waals surface area contributed by atoms with Gasteiger partial charge >= 0.3 is 0 Å². The summed E-state index contributed by atoms with van der Waals surface area (Å²) in [6, 6.07) is 4.15. The third-order valence-electron chi connectivity index (χ3n) is 4.06. The van der Waals surface area contributed by atoms with Crippen molar-refractivity contribution in [3.05, 3.63) is 40.9 Å². The summed E-state index contributed by atoms with van der Waals surface area (Å²) in [6.07, 6.45) is 4.26. The largest absolute Gasteiger partial charge is 0.618 e. The number of hydrogen-bond acceptors (Lipinski definition) is 3. The highest BCUT2D eigenvalue weighted by atomic mass is 16.5. The molecule has 4 heteroatoms. The highest BCUT2D eigenvalue weighted by molar-refractivity contribution is 5.74. The zero-order valence-electron chi connectivity index (χ0n) is 9.39. The molecule has 2 heterocycles. The molecule has 1 aliphatic heterocycles. The van der Waals surface area contributed by atoms with Crippen LogP contribution in [0.3, 0.4) is 0 Å². The summed E-state index contributed by atoms with van der Waals surface area (Å²) in [5.74, 6) is 1.18. The van der Waals surface area contributed by atoms with Gasteiger partial charge in [-0.05, 0) is 35.4 Å². The predicted molar refractivity (Wildman–Crippen MR) is 63.7 cm³/mol. The SMILES string of the molecule is [O-][n+]1ccnc2cc3c(cc21)C1CNCC3C1. The van der Waals surface area contributed by atoms with Gasteiger partial charge in [-0.15, -0.1) is 0 Å². The maximum Gasteiger partial charge on any atom is 0.242 e. The molecule has 1 aromatic heterocycles. The first kappa shape index (κ1) is 9.36. The van der Waals surface area contributed by atoms with Gasteiger partial charge in [-0.1, -0.05) is 0 Å². The monoisotopic (exact) mass is 227 g/mol. The molecule has 86 valence electrons. The third kappa shape index (κ3) is 1.21. The maximum absolute atomic E-state index is 11.7. The molecule has 0 radical (unpaired) electrons. The van der Waals surface area contributed by atoms with E-state index in [-0.39, 0.29) is 0 Å². The van der Waals surface area contributed by atoms with Crippen LogP contribution in [0.15, 0.2) is 24.5 Å². The van der Waals surface area contributed by atoms with Crippen molar-refractivity contribution in [1.29, 1.82) is 0 Å². The Hall–Kier alpha value is -1.68. The van der Waals surface area contributed by atoms with Crippen LogP contribution in [0.25, 0.3) is 11.0 Å². The number of nitrogens with zero attached hydrogens (tertiary/aromatic N) is 2. The fourth-order valence-electron chi connectivity index (χ4n) is 3.27. The standard InChI is InChI=1S/C13H13N3O/c17-16-2-1-15-12-4-10-8-3-9(7-14-6-8)11(10)5-13(12)16/h1-2,4-5,8-9,14H,3,6-7H2. The van der Waals surface area contributed by atoms with Crippen LogP contribution in [0.2, 0.25) is 0 Å². The number of nitrogens with one attached hydrogen (secondary N) is 1. The van der Waals surface area contributed by atoms with E-state index >= 15 is 0 Å². The molecular formula is C13H13N3O. The first-order valence-electron chi connectivity index (χ1n) is 6.05. The number of benzene rings is 1. The lowest BCUT2D eigenvalue weighted by Gasteiger charge is -2.19. The predicted octanol–water partition coefficient (Wildman–Crippen LogP) is 1.04. The van der Waals surface area contributed by atoms with E-state index < -0.39 is 0 Å². The summed E-state index contributed by atoms with van der Waals surface area (Å²) in [6.45, 7) is 2.09. The molecular weight excluding hydrogens is 214 g/mol. The summed E-state index contributed by atoms with van der Waals surface area (Å²) >= 11 is 0. The van der Waals surface area contributed by atoms with Crippen LogP contribution in [0, 0.1) is 5.21 Å². The lowest BCUT2D eigenvalue weighted by Crippen LogP contribution is -2.28. The molecule has 1 aliphatic carbocycles. The summed E-state index contributed by atoms with van der Waals surface area (Å²) < 4.78 is 0.915. The molecule has 1 saturated heterocycles. The van der Waals surface area contributed by atoms with E-state index in [0.717, 1.165) is 23.3 Å². The van der Waals surface area contributed by atoms with Crippen molar-refractivity contribution in [3.63, 3.8) is 0 Å². The Balaban J connectivity index is 2.03. The smallest absolute Gasteiger partial charge is 0.242 e. The number of rotatable bonds is 0. The quantitative estimate of drug-likeness (QED) is 0.540. The molecule has 2 bridgehead atoms. The van der Waals surface area contributed by atoms with Crippen molar-refractivity contribution >= 4 is 11.0 Å². The molecule has 4 nitrogen and oxygen atoms in total. The zero-order chi connectivity index (χ0) is 11.4. The molecule has 1 N–H and O–H groups in total. The fourth-order valence-corrected chi connectivity index (χ4v) is 3.27. The third-order valence-corrected chi connectivity index (χ3v) is 4.06. The van der Waals surface area contributed by atoms with Crippen LogP contribution < -0.4 is 10.0 Å². The van der Waals surface area contributed by atoms with Crippen LogP contribution in [-0.2, 0) is 0 Å². The molecule has 1 aromatic carbocycles. The van der Waals surface area contributed by atoms with Crippen LogP contribution in [0.1, 0.15) is 29.4 Å². The van der Waals surface area contributed by atoms with Crippen LogP contribution in [0.4, 0.5) is 0 Å². The summed E-state index contributed by atoms with van der Waals surface area (Å²) in [4.78, 5) is 4.29. The fraction of sp³-hybridized carbons (Fsp3) is 0.385. The van der Waals surface area contributed by atoms with E-state index in [1.165, 1.54) is 23.7 Å². The van der Waals surface area contributed by atoms with Crippen molar-refractivity contribution < 1.29 is 4.73 Å². The second-order valence-electron chi connectivity index (χ2n) is 5.01. The Labute approximate surface area is 98.9 Å². The zero-order valence-corrected chi connectivity index (χ0v) is 9.39. The lowest BCUT2D eigenvalue weighted by atomic mass is 9.98. The van der Waals surface area contributed by atoms with Crippen molar-refractivity contribution in [2.75, 3.05) is 13.1 Å². The minimum Gasteiger partial charge on any atom is -0.618 e. The molecule has 2 aromatic rings. The molecule has 4 rings (SSSR count). The van der Waals surface area contributed by atoms with Gasteiger partial charge in [0.2, 0.25) is 5.52 Å². The van der Waals surface area contributed by atoms with Crippen molar-refractivity contribution in [2.24, 2.45) is 0 Å². The Bertz CT molecular complexity index is 611. The number of aromatic nitrogens is 2. The van der Waals surface area contributed by atoms with E-state index in [1.807, 2.05) is 6.07 Å². The van der Waals surface area contributed by atoms with E-state index in [1.54, 1.807) is 6.20 Å². The molecule has 2 atom stereocenters. The number of piperidine rings is 1. The highest BCUT2D eigenvalue weighted by Crippen LogP contribution is 2.44. The normalized spacial score (nSPS) is 26.1. The summed E-state index contributed by atoms with van der Waals surface area (Å²) in [5.41, 5.74) is 4.25. The van der Waals surface area contributed by atoms with Crippen molar-refractivity contribution in [2.45, 2.75) is 18.3 Å². The van der Waals surface area contributed by atoms with Gasteiger partial charge < -0.3 is 10.5 Å². The van der Waals surface area contributed by atoms with E-state index in [4.69, 9.17) is 0 Å². The summed E-state index contributed by atoms with van der Waals surface area (Å²) in [5, 5.41) is 15.2. The Morgan fingerprint density at radius 2 is 2.00 bits per heavy atom. The minimum absolute atomic E-state index is 0.577. The molecule has 2 aliphatic rings. The van der Waals surface area contributed by atoms with Gasteiger partial charge in [0.15, 0.2) is 6.20 Å². The van der Waals surface area contributed by atoms with Crippen LogP contribution >= 0.6 is 0 Å². The Kier molecular flexibility index (Phi) is 1.74. The van der Waals surface area contributed by atoms with Gasteiger partial charge in [0.05, 0.1) is 6.20 Å². The number of hydrogen-bond donors (Lipinski definition) is 1. The van der Waals surface area contributed by atoms with Gasteiger partial charge in [0, 0.05) is 19.2 Å². The van der Waals surface area contributed by atoms with Gasteiger partial charge in [-0.3, -0.25) is 0 Å². The first-order valence-corrected chi connectivity index (χ1v) is 6.05. The molecule has 1 fully saturated rings. The topological polar surface area (TPSA) is 51.9 Å². The molecule has 0 spiro atoms. The van der Waals surface area contributed by atoms with Crippen molar-refractivity contribution in [1.82, 2.24) is 10.3 Å². The average Bonchev–Trinajstić information content (AvgIpc) is 2.60. The van der Waals surface area contributed by atoms with Crippen LogP contribution in [-0.4, -0.2) is 18.1 Å². The van der Waals surface area contributed by atoms with E-state index in [2.05, 4.69) is 16.4 Å². The Morgan fingerprint density at radius 1 is 1.24 bits per heavy atom. The van der Waals surface area contributed by atoms with E-state index in [9.17, 15) is 5.21 Å². The maximum atomic E-state index is 11.7.